The summed E-state index contributed by atoms with van der Waals surface area (Å²) in [6, 6.07) is 12.0. The molecule has 1 heterocycles. The van der Waals surface area contributed by atoms with Crippen molar-refractivity contribution in [3.8, 4) is 22.3 Å². The summed E-state index contributed by atoms with van der Waals surface area (Å²) in [4.78, 5) is 26.2. The number of hydrogen-bond acceptors (Lipinski definition) is 3. The molecule has 1 aromatic heterocycles. The van der Waals surface area contributed by atoms with Gasteiger partial charge in [0.25, 0.3) is 5.56 Å². The summed E-state index contributed by atoms with van der Waals surface area (Å²) >= 11 is 0. The van der Waals surface area contributed by atoms with Crippen LogP contribution in [-0.4, -0.2) is 21.2 Å². The highest BCUT2D eigenvalue weighted by molar-refractivity contribution is 5.84. The maximum atomic E-state index is 13.7. The third-order valence-electron chi connectivity index (χ3n) is 6.42. The smallest absolute Gasteiger partial charge is 0.339 e. The molecule has 0 fully saturated rings. The van der Waals surface area contributed by atoms with E-state index in [9.17, 15) is 14.7 Å². The van der Waals surface area contributed by atoms with E-state index in [4.69, 9.17) is 4.74 Å². The minimum absolute atomic E-state index is 0.243. The van der Waals surface area contributed by atoms with Crippen LogP contribution in [0, 0.1) is 34.6 Å². The van der Waals surface area contributed by atoms with E-state index in [1.165, 1.54) is 4.57 Å². The summed E-state index contributed by atoms with van der Waals surface area (Å²) < 4.78 is 7.46. The highest BCUT2D eigenvalue weighted by Crippen LogP contribution is 2.38. The number of hydrogen-bond donors (Lipinski definition) is 1. The number of nitrogens with zero attached hydrogens (tertiary/aromatic N) is 1. The number of aromatic nitrogens is 1. The van der Waals surface area contributed by atoms with E-state index in [1.54, 1.807) is 7.05 Å². The Labute approximate surface area is 202 Å². The van der Waals surface area contributed by atoms with Crippen molar-refractivity contribution in [1.82, 2.24) is 4.57 Å². The van der Waals surface area contributed by atoms with Gasteiger partial charge in [-0.3, -0.25) is 4.79 Å². The summed E-state index contributed by atoms with van der Waals surface area (Å²) in [5, 5.41) is 10.2. The average Bonchev–Trinajstić information content (AvgIpc) is 2.73. The number of aliphatic carboxylic acids is 1. The molecule has 3 rings (SSSR count). The first-order valence-electron chi connectivity index (χ1n) is 11.5. The second-order valence-electron chi connectivity index (χ2n) is 10.2. The van der Waals surface area contributed by atoms with Gasteiger partial charge in [-0.05, 0) is 94.3 Å². The van der Waals surface area contributed by atoms with Crippen molar-refractivity contribution >= 4 is 5.97 Å². The molecule has 0 saturated carbocycles. The molecule has 5 heteroatoms. The monoisotopic (exact) mass is 461 g/mol. The minimum Gasteiger partial charge on any atom is -0.479 e. The molecule has 0 spiro atoms. The molecule has 3 aromatic rings. The van der Waals surface area contributed by atoms with E-state index in [1.807, 2.05) is 91.8 Å². The van der Waals surface area contributed by atoms with Crippen LogP contribution in [-0.2, 0) is 16.6 Å². The maximum absolute atomic E-state index is 13.7. The second kappa shape index (κ2) is 9.22. The summed E-state index contributed by atoms with van der Waals surface area (Å²) in [6.07, 6.45) is -1.30. The zero-order valence-corrected chi connectivity index (χ0v) is 21.7. The van der Waals surface area contributed by atoms with Crippen LogP contribution >= 0.6 is 0 Å². The first-order chi connectivity index (χ1) is 15.7. The average molecular weight is 462 g/mol. The Kier molecular flexibility index (Phi) is 6.90. The van der Waals surface area contributed by atoms with Gasteiger partial charge in [0, 0.05) is 12.6 Å². The summed E-state index contributed by atoms with van der Waals surface area (Å²) in [7, 11) is 1.63. The lowest BCUT2D eigenvalue weighted by atomic mass is 9.88. The number of rotatable bonds is 5. The summed E-state index contributed by atoms with van der Waals surface area (Å²) in [5.74, 6) is -1.13. The van der Waals surface area contributed by atoms with Gasteiger partial charge in [-0.25, -0.2) is 4.79 Å². The predicted molar refractivity (Wildman–Crippen MR) is 137 cm³/mol. The number of benzene rings is 2. The normalized spacial score (nSPS) is 12.6. The molecular weight excluding hydrogens is 426 g/mol. The van der Waals surface area contributed by atoms with Crippen molar-refractivity contribution in [2.45, 2.75) is 67.1 Å². The van der Waals surface area contributed by atoms with Gasteiger partial charge in [0.15, 0.2) is 6.10 Å². The van der Waals surface area contributed by atoms with E-state index < -0.39 is 17.7 Å². The van der Waals surface area contributed by atoms with Gasteiger partial charge in [-0.1, -0.05) is 36.4 Å². The van der Waals surface area contributed by atoms with Gasteiger partial charge in [0.2, 0.25) is 0 Å². The first kappa shape index (κ1) is 25.4. The molecule has 0 aliphatic rings. The van der Waals surface area contributed by atoms with Crippen LogP contribution in [0.1, 0.15) is 60.4 Å². The molecule has 0 amide bonds. The third kappa shape index (κ3) is 4.85. The molecular formula is C29H35NO4. The standard InChI is InChI=1S/C29H35NO4/c1-16-10-12-21(14-18(16)3)23-20(5)24(22-13-11-17(2)19(4)15-22)27(31)30(9)25(23)26(28(32)33)34-29(6,7)8/h10-15,26H,1-9H3,(H,32,33). The van der Waals surface area contributed by atoms with Gasteiger partial charge in [-0.15, -0.1) is 0 Å². The van der Waals surface area contributed by atoms with Gasteiger partial charge in [-0.2, -0.15) is 0 Å². The van der Waals surface area contributed by atoms with Gasteiger partial charge in [0.1, 0.15) is 0 Å². The topological polar surface area (TPSA) is 68.5 Å². The number of ether oxygens (including phenoxy) is 1. The molecule has 0 saturated heterocycles. The lowest BCUT2D eigenvalue weighted by molar-refractivity contribution is -0.161. The number of carbonyl (C=O) groups is 1. The molecule has 0 radical (unpaired) electrons. The molecule has 1 atom stereocenters. The van der Waals surface area contributed by atoms with Crippen LogP contribution in [0.25, 0.3) is 22.3 Å². The molecule has 0 bridgehead atoms. The SMILES string of the molecule is Cc1ccc(-c2c(C)c(-c3ccc(C)c(C)c3)c(=O)n(C)c2C(OC(C)(C)C)C(=O)O)cc1C. The lowest BCUT2D eigenvalue weighted by Crippen LogP contribution is -2.33. The lowest BCUT2D eigenvalue weighted by Gasteiger charge is -2.29. The summed E-state index contributed by atoms with van der Waals surface area (Å²) in [5.41, 5.74) is 7.57. The van der Waals surface area contributed by atoms with Gasteiger partial charge < -0.3 is 14.4 Å². The van der Waals surface area contributed by atoms with Crippen molar-refractivity contribution in [2.75, 3.05) is 0 Å². The van der Waals surface area contributed by atoms with Crippen LogP contribution < -0.4 is 5.56 Å². The van der Waals surface area contributed by atoms with E-state index in [0.29, 0.717) is 11.3 Å². The molecule has 0 aliphatic heterocycles. The third-order valence-corrected chi connectivity index (χ3v) is 6.42. The van der Waals surface area contributed by atoms with E-state index >= 15 is 0 Å². The zero-order chi connectivity index (χ0) is 25.5. The molecule has 0 aliphatic carbocycles. The Morgan fingerprint density at radius 3 is 1.74 bits per heavy atom. The van der Waals surface area contributed by atoms with Crippen LogP contribution in [0.3, 0.4) is 0 Å². The molecule has 34 heavy (non-hydrogen) atoms. The Hall–Kier alpha value is -3.18. The van der Waals surface area contributed by atoms with Crippen molar-refractivity contribution in [2.24, 2.45) is 7.05 Å². The maximum Gasteiger partial charge on any atom is 0.339 e. The van der Waals surface area contributed by atoms with E-state index in [2.05, 4.69) is 0 Å². The van der Waals surface area contributed by atoms with Crippen molar-refractivity contribution < 1.29 is 14.6 Å². The van der Waals surface area contributed by atoms with Crippen LogP contribution in [0.2, 0.25) is 0 Å². The second-order valence-corrected chi connectivity index (χ2v) is 10.2. The van der Waals surface area contributed by atoms with Crippen molar-refractivity contribution in [1.29, 1.82) is 0 Å². The fourth-order valence-corrected chi connectivity index (χ4v) is 4.30. The molecule has 2 aromatic carbocycles. The minimum atomic E-state index is -1.30. The fourth-order valence-electron chi connectivity index (χ4n) is 4.30. The predicted octanol–water partition coefficient (Wildman–Crippen LogP) is 6.20. The van der Waals surface area contributed by atoms with E-state index in [0.717, 1.165) is 44.5 Å². The number of carboxylic acid groups (broad SMARTS) is 1. The number of carboxylic acids is 1. The van der Waals surface area contributed by atoms with Gasteiger partial charge in [0.05, 0.1) is 16.9 Å². The van der Waals surface area contributed by atoms with E-state index in [-0.39, 0.29) is 5.56 Å². The molecule has 5 nitrogen and oxygen atoms in total. The Balaban J connectivity index is 2.48. The highest BCUT2D eigenvalue weighted by Gasteiger charge is 2.33. The first-order valence-corrected chi connectivity index (χ1v) is 11.5. The van der Waals surface area contributed by atoms with Crippen LogP contribution in [0.15, 0.2) is 41.2 Å². The van der Waals surface area contributed by atoms with Crippen LogP contribution in [0.4, 0.5) is 0 Å². The molecule has 180 valence electrons. The summed E-state index contributed by atoms with van der Waals surface area (Å²) in [6.45, 7) is 15.5. The molecule has 1 unspecified atom stereocenters. The Morgan fingerprint density at radius 2 is 1.32 bits per heavy atom. The Bertz CT molecular complexity index is 1330. The zero-order valence-electron chi connectivity index (χ0n) is 21.7. The number of aryl methyl sites for hydroxylation is 4. The van der Waals surface area contributed by atoms with Crippen LogP contribution in [0.5, 0.6) is 0 Å². The quantitative estimate of drug-likeness (QED) is 0.491. The van der Waals surface area contributed by atoms with Crippen molar-refractivity contribution in [3.63, 3.8) is 0 Å². The number of pyridine rings is 1. The van der Waals surface area contributed by atoms with Crippen molar-refractivity contribution in [3.05, 3.63) is 80.3 Å². The largest absolute Gasteiger partial charge is 0.479 e. The fraction of sp³-hybridized carbons (Fsp3) is 0.379. The highest BCUT2D eigenvalue weighted by atomic mass is 16.5. The Morgan fingerprint density at radius 1 is 0.853 bits per heavy atom. The van der Waals surface area contributed by atoms with Gasteiger partial charge >= 0.3 is 5.97 Å². The molecule has 1 N–H and O–H groups in total.